The normalized spacial score (nSPS) is 26.7. The van der Waals surface area contributed by atoms with E-state index < -0.39 is 17.5 Å². The lowest BCUT2D eigenvalue weighted by atomic mass is 9.40. The molecule has 1 N–H and O–H groups in total. The molecule has 0 aliphatic heterocycles. The van der Waals surface area contributed by atoms with Gasteiger partial charge in [0.1, 0.15) is 5.75 Å². The summed E-state index contributed by atoms with van der Waals surface area (Å²) < 4.78 is 40.8. The molecule has 3 fully saturated rings. The second kappa shape index (κ2) is 4.82. The molecular weight excluding hydrogens is 355 g/mol. The standard InChI is InChI=1S/C20H18F3N3O/c1-11-5-13(20(21,22)23)6-15(27)16(11)14-4-3-12-7-26(25-17(12)24-14)19-8-18(2,9-19)10-19/h3-7,27H,8-10H2,1-2H3. The van der Waals surface area contributed by atoms with Crippen LogP contribution in [-0.4, -0.2) is 19.9 Å². The SMILES string of the molecule is Cc1cc(C(F)(F)F)cc(O)c1-c1ccc2cn(C34CC(C)(C3)C4)nc2n1. The van der Waals surface area contributed by atoms with E-state index in [1.165, 1.54) is 6.92 Å². The van der Waals surface area contributed by atoms with Gasteiger partial charge in [-0.3, -0.25) is 4.68 Å². The zero-order chi connectivity index (χ0) is 19.2. The summed E-state index contributed by atoms with van der Waals surface area (Å²) in [6.45, 7) is 3.82. The number of aryl methyl sites for hydroxylation is 1. The molecule has 0 saturated heterocycles. The Balaban J connectivity index is 1.56. The molecule has 3 saturated carbocycles. The van der Waals surface area contributed by atoms with Gasteiger partial charge in [0.2, 0.25) is 0 Å². The Morgan fingerprint density at radius 3 is 2.44 bits per heavy atom. The summed E-state index contributed by atoms with van der Waals surface area (Å²) in [6.07, 6.45) is 0.861. The largest absolute Gasteiger partial charge is 0.507 e. The Labute approximate surface area is 153 Å². The van der Waals surface area contributed by atoms with Gasteiger partial charge in [0, 0.05) is 17.1 Å². The summed E-state index contributed by atoms with van der Waals surface area (Å²) in [5.74, 6) is -0.430. The summed E-state index contributed by atoms with van der Waals surface area (Å²) in [6, 6.07) is 5.34. The van der Waals surface area contributed by atoms with Gasteiger partial charge in [-0.2, -0.15) is 18.3 Å². The summed E-state index contributed by atoms with van der Waals surface area (Å²) in [5, 5.41) is 15.7. The first-order chi connectivity index (χ1) is 12.6. The molecule has 0 radical (unpaired) electrons. The molecule has 3 aromatic rings. The highest BCUT2D eigenvalue weighted by Gasteiger charge is 2.66. The zero-order valence-electron chi connectivity index (χ0n) is 14.9. The molecule has 6 rings (SSSR count). The molecule has 3 aliphatic rings. The minimum atomic E-state index is -4.50. The molecule has 0 spiro atoms. The minimum Gasteiger partial charge on any atom is -0.507 e. The highest BCUT2D eigenvalue weighted by atomic mass is 19.4. The Bertz CT molecular complexity index is 1060. The van der Waals surface area contributed by atoms with E-state index in [0.29, 0.717) is 27.9 Å². The van der Waals surface area contributed by atoms with Crippen molar-refractivity contribution in [3.63, 3.8) is 0 Å². The number of hydrogen-bond donors (Lipinski definition) is 1. The van der Waals surface area contributed by atoms with Gasteiger partial charge in [-0.15, -0.1) is 0 Å². The van der Waals surface area contributed by atoms with Crippen LogP contribution in [-0.2, 0) is 11.7 Å². The quantitative estimate of drug-likeness (QED) is 0.685. The second-order valence-corrected chi connectivity index (χ2v) is 8.43. The van der Waals surface area contributed by atoms with Gasteiger partial charge in [0.05, 0.1) is 16.8 Å². The number of phenolic OH excluding ortho intramolecular Hbond substituents is 1. The van der Waals surface area contributed by atoms with Crippen molar-refractivity contribution in [1.82, 2.24) is 14.8 Å². The van der Waals surface area contributed by atoms with Gasteiger partial charge in [-0.25, -0.2) is 4.98 Å². The van der Waals surface area contributed by atoms with Crippen molar-refractivity contribution in [2.75, 3.05) is 0 Å². The van der Waals surface area contributed by atoms with Crippen LogP contribution in [0.15, 0.2) is 30.5 Å². The first-order valence-corrected chi connectivity index (χ1v) is 8.87. The molecule has 7 heteroatoms. The maximum absolute atomic E-state index is 12.9. The van der Waals surface area contributed by atoms with Crippen LogP contribution in [0.4, 0.5) is 13.2 Å². The van der Waals surface area contributed by atoms with E-state index in [1.54, 1.807) is 6.07 Å². The topological polar surface area (TPSA) is 50.9 Å². The number of phenols is 1. The maximum Gasteiger partial charge on any atom is 0.416 e. The third-order valence-electron chi connectivity index (χ3n) is 6.02. The maximum atomic E-state index is 12.9. The number of rotatable bonds is 2. The summed E-state index contributed by atoms with van der Waals surface area (Å²) in [7, 11) is 0. The molecule has 140 valence electrons. The molecule has 1 aromatic carbocycles. The van der Waals surface area contributed by atoms with E-state index in [1.807, 2.05) is 16.9 Å². The predicted octanol–water partition coefficient (Wildman–Crippen LogP) is 5.03. The lowest BCUT2D eigenvalue weighted by molar-refractivity contribution is -0.180. The monoisotopic (exact) mass is 373 g/mol. The van der Waals surface area contributed by atoms with Crippen molar-refractivity contribution in [1.29, 1.82) is 0 Å². The lowest BCUT2D eigenvalue weighted by Gasteiger charge is -2.69. The highest BCUT2D eigenvalue weighted by molar-refractivity contribution is 5.80. The highest BCUT2D eigenvalue weighted by Crippen LogP contribution is 2.71. The fourth-order valence-corrected chi connectivity index (χ4v) is 5.02. The molecule has 0 amide bonds. The average molecular weight is 373 g/mol. The molecule has 2 aromatic heterocycles. The van der Waals surface area contributed by atoms with Gasteiger partial charge in [-0.1, -0.05) is 6.92 Å². The Hall–Kier alpha value is -2.57. The van der Waals surface area contributed by atoms with E-state index in [4.69, 9.17) is 0 Å². The molecular formula is C20H18F3N3O. The average Bonchev–Trinajstić information content (AvgIpc) is 2.92. The fraction of sp³-hybridized carbons (Fsp3) is 0.400. The Morgan fingerprint density at radius 2 is 1.85 bits per heavy atom. The van der Waals surface area contributed by atoms with Crippen molar-refractivity contribution in [2.24, 2.45) is 5.41 Å². The first kappa shape index (κ1) is 16.6. The van der Waals surface area contributed by atoms with Crippen LogP contribution in [0.2, 0.25) is 0 Å². The third-order valence-corrected chi connectivity index (χ3v) is 6.02. The van der Waals surface area contributed by atoms with Gasteiger partial charge in [0.25, 0.3) is 0 Å². The van der Waals surface area contributed by atoms with Gasteiger partial charge < -0.3 is 5.11 Å². The van der Waals surface area contributed by atoms with Gasteiger partial charge in [-0.05, 0) is 61.4 Å². The zero-order valence-corrected chi connectivity index (χ0v) is 14.9. The van der Waals surface area contributed by atoms with Crippen LogP contribution in [0.25, 0.3) is 22.3 Å². The minimum absolute atomic E-state index is 0.113. The number of pyridine rings is 1. The van der Waals surface area contributed by atoms with Crippen molar-refractivity contribution >= 4 is 11.0 Å². The third kappa shape index (κ3) is 2.30. The number of benzene rings is 1. The van der Waals surface area contributed by atoms with E-state index in [2.05, 4.69) is 17.0 Å². The fourth-order valence-electron chi connectivity index (χ4n) is 5.02. The number of aromatic hydroxyl groups is 1. The first-order valence-electron chi connectivity index (χ1n) is 8.87. The molecule has 0 atom stereocenters. The van der Waals surface area contributed by atoms with Crippen LogP contribution in [0.1, 0.15) is 37.3 Å². The molecule has 27 heavy (non-hydrogen) atoms. The van der Waals surface area contributed by atoms with Crippen molar-refractivity contribution in [3.8, 4) is 17.0 Å². The van der Waals surface area contributed by atoms with Gasteiger partial charge in [0.15, 0.2) is 5.65 Å². The van der Waals surface area contributed by atoms with Crippen LogP contribution in [0, 0.1) is 12.3 Å². The molecule has 0 unspecified atom stereocenters. The molecule has 2 bridgehead atoms. The predicted molar refractivity (Wildman–Crippen MR) is 94.3 cm³/mol. The number of hydrogen-bond acceptors (Lipinski definition) is 3. The Kier molecular flexibility index (Phi) is 2.96. The number of aromatic nitrogens is 3. The molecule has 3 aliphatic carbocycles. The van der Waals surface area contributed by atoms with E-state index in [0.717, 1.165) is 36.8 Å². The number of nitrogens with zero attached hydrogens (tertiary/aromatic N) is 3. The smallest absolute Gasteiger partial charge is 0.416 e. The van der Waals surface area contributed by atoms with E-state index in [9.17, 15) is 18.3 Å². The van der Waals surface area contributed by atoms with E-state index >= 15 is 0 Å². The summed E-state index contributed by atoms with van der Waals surface area (Å²) in [5.41, 5.74) is 1.28. The van der Waals surface area contributed by atoms with Crippen molar-refractivity contribution in [2.45, 2.75) is 44.8 Å². The second-order valence-electron chi connectivity index (χ2n) is 8.43. The summed E-state index contributed by atoms with van der Waals surface area (Å²) in [4.78, 5) is 4.51. The van der Waals surface area contributed by atoms with Crippen LogP contribution >= 0.6 is 0 Å². The summed E-state index contributed by atoms with van der Waals surface area (Å²) >= 11 is 0. The van der Waals surface area contributed by atoms with Gasteiger partial charge >= 0.3 is 6.18 Å². The van der Waals surface area contributed by atoms with Crippen LogP contribution < -0.4 is 0 Å². The molecule has 4 nitrogen and oxygen atoms in total. The van der Waals surface area contributed by atoms with Crippen molar-refractivity contribution in [3.05, 3.63) is 41.6 Å². The lowest BCUT2D eigenvalue weighted by Crippen LogP contribution is -2.66. The number of alkyl halides is 3. The van der Waals surface area contributed by atoms with Crippen LogP contribution in [0.3, 0.4) is 0 Å². The van der Waals surface area contributed by atoms with E-state index in [-0.39, 0.29) is 5.54 Å². The Morgan fingerprint density at radius 1 is 1.15 bits per heavy atom. The van der Waals surface area contributed by atoms with Crippen LogP contribution in [0.5, 0.6) is 5.75 Å². The number of fused-ring (bicyclic) bond motifs is 1. The molecule has 2 heterocycles. The number of halogens is 3. The van der Waals surface area contributed by atoms with Crippen molar-refractivity contribution < 1.29 is 18.3 Å².